The van der Waals surface area contributed by atoms with E-state index in [-0.39, 0.29) is 5.91 Å². The third-order valence-electron chi connectivity index (χ3n) is 3.19. The highest BCUT2D eigenvalue weighted by atomic mass is 79.9. The quantitative estimate of drug-likeness (QED) is 0.762. The van der Waals surface area contributed by atoms with Crippen molar-refractivity contribution in [2.24, 2.45) is 0 Å². The number of anilines is 1. The van der Waals surface area contributed by atoms with Crippen molar-refractivity contribution in [3.05, 3.63) is 76.3 Å². The molecule has 3 nitrogen and oxygen atoms in total. The van der Waals surface area contributed by atoms with Crippen molar-refractivity contribution in [1.82, 2.24) is 0 Å². The monoisotopic (exact) mass is 354 g/mol. The fraction of sp³-hybridized carbons (Fsp3) is 0.111. The van der Waals surface area contributed by atoms with Crippen molar-refractivity contribution in [2.45, 2.75) is 13.5 Å². The molecule has 0 fully saturated rings. The average Bonchev–Trinajstić information content (AvgIpc) is 2.52. The summed E-state index contributed by atoms with van der Waals surface area (Å²) in [5.74, 6) is -0.196. The molecule has 2 aromatic rings. The van der Waals surface area contributed by atoms with Crippen LogP contribution < -0.4 is 4.90 Å². The van der Waals surface area contributed by atoms with Crippen LogP contribution in [0.1, 0.15) is 18.1 Å². The Labute approximate surface area is 138 Å². The van der Waals surface area contributed by atoms with E-state index in [1.165, 1.54) is 0 Å². The summed E-state index contributed by atoms with van der Waals surface area (Å²) >= 11 is 3.36. The minimum Gasteiger partial charge on any atom is -0.303 e. The van der Waals surface area contributed by atoms with Crippen LogP contribution in [0.2, 0.25) is 0 Å². The maximum absolute atomic E-state index is 12.5. The molecule has 0 heterocycles. The van der Waals surface area contributed by atoms with E-state index in [4.69, 9.17) is 0 Å². The molecule has 110 valence electrons. The molecule has 22 heavy (non-hydrogen) atoms. The summed E-state index contributed by atoms with van der Waals surface area (Å²) in [5, 5.41) is 9.39. The highest BCUT2D eigenvalue weighted by Gasteiger charge is 2.20. The number of nitrogens with zero attached hydrogens (tertiary/aromatic N) is 2. The normalized spacial score (nSPS) is 9.86. The van der Waals surface area contributed by atoms with E-state index in [1.807, 2.05) is 36.4 Å². The second-order valence-corrected chi connectivity index (χ2v) is 5.76. The summed E-state index contributed by atoms with van der Waals surface area (Å²) in [7, 11) is 0. The number of hydrogen-bond acceptors (Lipinski definition) is 2. The fourth-order valence-corrected chi connectivity index (χ4v) is 2.56. The number of rotatable bonds is 4. The van der Waals surface area contributed by atoms with E-state index >= 15 is 0 Å². The van der Waals surface area contributed by atoms with Crippen LogP contribution in [0.4, 0.5) is 5.69 Å². The molecule has 0 spiro atoms. The van der Waals surface area contributed by atoms with E-state index in [0.29, 0.717) is 27.8 Å². The lowest BCUT2D eigenvalue weighted by Gasteiger charge is -2.24. The van der Waals surface area contributed by atoms with Crippen molar-refractivity contribution >= 4 is 27.5 Å². The Hall–Kier alpha value is -2.38. The Bertz CT molecular complexity index is 747. The Morgan fingerprint density at radius 2 is 1.91 bits per heavy atom. The van der Waals surface area contributed by atoms with E-state index in [9.17, 15) is 10.1 Å². The minimum absolute atomic E-state index is 0.196. The van der Waals surface area contributed by atoms with Crippen molar-refractivity contribution < 1.29 is 4.79 Å². The van der Waals surface area contributed by atoms with Gasteiger partial charge in [-0.25, -0.2) is 0 Å². The Morgan fingerprint density at radius 1 is 1.23 bits per heavy atom. The first-order chi connectivity index (χ1) is 10.5. The molecule has 0 aromatic heterocycles. The SMILES string of the molecule is C=C(C)C(=O)N(Cc1ccccc1)c1cccc(Br)c1C#N. The summed E-state index contributed by atoms with van der Waals surface area (Å²) in [6.07, 6.45) is 0. The van der Waals surface area contributed by atoms with Gasteiger partial charge in [-0.3, -0.25) is 4.79 Å². The number of nitriles is 1. The van der Waals surface area contributed by atoms with Crippen LogP contribution in [0.5, 0.6) is 0 Å². The largest absolute Gasteiger partial charge is 0.303 e. The van der Waals surface area contributed by atoms with Gasteiger partial charge in [-0.2, -0.15) is 5.26 Å². The van der Waals surface area contributed by atoms with Gasteiger partial charge in [0.15, 0.2) is 0 Å². The Balaban J connectivity index is 2.50. The van der Waals surface area contributed by atoms with Gasteiger partial charge in [0, 0.05) is 10.0 Å². The molecular formula is C18H15BrN2O. The fourth-order valence-electron chi connectivity index (χ4n) is 2.11. The zero-order chi connectivity index (χ0) is 16.1. The third-order valence-corrected chi connectivity index (χ3v) is 3.85. The van der Waals surface area contributed by atoms with Crippen LogP contribution in [0.3, 0.4) is 0 Å². The zero-order valence-electron chi connectivity index (χ0n) is 12.2. The van der Waals surface area contributed by atoms with Crippen molar-refractivity contribution in [1.29, 1.82) is 5.26 Å². The second kappa shape index (κ2) is 7.06. The lowest BCUT2D eigenvalue weighted by atomic mass is 10.1. The molecule has 1 amide bonds. The predicted molar refractivity (Wildman–Crippen MR) is 91.3 cm³/mol. The topological polar surface area (TPSA) is 44.1 Å². The lowest BCUT2D eigenvalue weighted by molar-refractivity contribution is -0.115. The van der Waals surface area contributed by atoms with Crippen LogP contribution >= 0.6 is 15.9 Å². The summed E-state index contributed by atoms with van der Waals surface area (Å²) in [6, 6.07) is 17.2. The van der Waals surface area contributed by atoms with Crippen LogP contribution in [0, 0.1) is 11.3 Å². The molecule has 0 atom stereocenters. The van der Waals surface area contributed by atoms with Gasteiger partial charge in [-0.1, -0.05) is 43.0 Å². The summed E-state index contributed by atoms with van der Waals surface area (Å²) in [5.41, 5.74) is 2.43. The summed E-state index contributed by atoms with van der Waals surface area (Å²) in [4.78, 5) is 14.1. The number of carbonyl (C=O) groups excluding carboxylic acids is 1. The highest BCUT2D eigenvalue weighted by Crippen LogP contribution is 2.29. The Kier molecular flexibility index (Phi) is 5.13. The molecule has 2 rings (SSSR count). The number of hydrogen-bond donors (Lipinski definition) is 0. The second-order valence-electron chi connectivity index (χ2n) is 4.90. The van der Waals surface area contributed by atoms with Crippen LogP contribution in [-0.4, -0.2) is 5.91 Å². The van der Waals surface area contributed by atoms with Crippen LogP contribution in [-0.2, 0) is 11.3 Å². The molecule has 0 aliphatic carbocycles. The van der Waals surface area contributed by atoms with E-state index in [1.54, 1.807) is 24.0 Å². The molecule has 2 aromatic carbocycles. The number of amides is 1. The van der Waals surface area contributed by atoms with Crippen LogP contribution in [0.25, 0.3) is 0 Å². The van der Waals surface area contributed by atoms with Gasteiger partial charge in [-0.15, -0.1) is 0 Å². The summed E-state index contributed by atoms with van der Waals surface area (Å²) in [6.45, 7) is 5.79. The molecule has 0 saturated carbocycles. The molecule has 0 aliphatic rings. The molecule has 0 bridgehead atoms. The van der Waals surface area contributed by atoms with E-state index < -0.39 is 0 Å². The average molecular weight is 355 g/mol. The number of halogens is 1. The standard InChI is InChI=1S/C18H15BrN2O/c1-13(2)18(22)21(12-14-7-4-3-5-8-14)17-10-6-9-16(19)15(17)11-20/h3-10H,1,12H2,2H3. The molecular weight excluding hydrogens is 340 g/mol. The first-order valence-corrected chi connectivity index (χ1v) is 7.53. The van der Waals surface area contributed by atoms with Gasteiger partial charge in [0.2, 0.25) is 0 Å². The molecule has 4 heteroatoms. The first kappa shape index (κ1) is 16.0. The predicted octanol–water partition coefficient (Wildman–Crippen LogP) is 4.43. The molecule has 0 unspecified atom stereocenters. The van der Waals surface area contributed by atoms with Gasteiger partial charge in [0.1, 0.15) is 6.07 Å². The van der Waals surface area contributed by atoms with Gasteiger partial charge >= 0.3 is 0 Å². The minimum atomic E-state index is -0.196. The van der Waals surface area contributed by atoms with Crippen LogP contribution in [0.15, 0.2) is 65.2 Å². The van der Waals surface area contributed by atoms with Gasteiger partial charge in [0.25, 0.3) is 5.91 Å². The molecule has 0 N–H and O–H groups in total. The van der Waals surface area contributed by atoms with Crippen molar-refractivity contribution in [2.75, 3.05) is 4.90 Å². The summed E-state index contributed by atoms with van der Waals surface area (Å²) < 4.78 is 0.667. The molecule has 0 radical (unpaired) electrons. The molecule has 0 saturated heterocycles. The van der Waals surface area contributed by atoms with Gasteiger partial charge in [-0.05, 0) is 40.5 Å². The maximum Gasteiger partial charge on any atom is 0.253 e. The first-order valence-electron chi connectivity index (χ1n) is 6.74. The lowest BCUT2D eigenvalue weighted by Crippen LogP contribution is -2.31. The maximum atomic E-state index is 12.5. The number of benzene rings is 2. The Morgan fingerprint density at radius 3 is 2.50 bits per heavy atom. The van der Waals surface area contributed by atoms with Crippen molar-refractivity contribution in [3.63, 3.8) is 0 Å². The smallest absolute Gasteiger partial charge is 0.253 e. The zero-order valence-corrected chi connectivity index (χ0v) is 13.8. The van der Waals surface area contributed by atoms with E-state index in [2.05, 4.69) is 28.6 Å². The third kappa shape index (κ3) is 3.44. The van der Waals surface area contributed by atoms with E-state index in [0.717, 1.165) is 5.56 Å². The highest BCUT2D eigenvalue weighted by molar-refractivity contribution is 9.10. The molecule has 0 aliphatic heterocycles. The van der Waals surface area contributed by atoms with Crippen molar-refractivity contribution in [3.8, 4) is 6.07 Å². The number of carbonyl (C=O) groups is 1. The van der Waals surface area contributed by atoms with Gasteiger partial charge in [0.05, 0.1) is 17.8 Å². The van der Waals surface area contributed by atoms with Gasteiger partial charge < -0.3 is 4.90 Å².